The summed E-state index contributed by atoms with van der Waals surface area (Å²) in [5.74, 6) is -1.70. The Morgan fingerprint density at radius 3 is 2.36 bits per heavy atom. The molecule has 0 fully saturated rings. The van der Waals surface area contributed by atoms with Gasteiger partial charge >= 0.3 is 5.97 Å². The number of carboxylic acids is 1. The fourth-order valence-corrected chi connectivity index (χ4v) is 4.38. The fraction of sp³-hybridized carbons (Fsp3) is 0.320. The highest BCUT2D eigenvalue weighted by Gasteiger charge is 2.25. The predicted octanol–water partition coefficient (Wildman–Crippen LogP) is 2.83. The van der Waals surface area contributed by atoms with Gasteiger partial charge in [-0.05, 0) is 63.4 Å². The third-order valence-corrected chi connectivity index (χ3v) is 6.37. The Bertz CT molecular complexity index is 1240. The van der Waals surface area contributed by atoms with E-state index >= 15 is 0 Å². The number of thiophene rings is 1. The number of hydrogen-bond donors (Lipinski definition) is 5. The SMILES string of the molecule is Cc1ccc(C(=O)NC[C@H](NC(=O)c2c(C)nc(NCCCc3cccc(O)c3)nc2C)C(=O)O)s1. The number of phenols is 1. The predicted molar refractivity (Wildman–Crippen MR) is 137 cm³/mol. The zero-order chi connectivity index (χ0) is 26.2. The van der Waals surface area contributed by atoms with Crippen molar-refractivity contribution in [3.8, 4) is 5.75 Å². The van der Waals surface area contributed by atoms with Crippen LogP contribution in [0.15, 0.2) is 36.4 Å². The maximum atomic E-state index is 12.9. The molecule has 0 spiro atoms. The molecule has 1 aromatic carbocycles. The lowest BCUT2D eigenvalue weighted by atomic mass is 10.1. The molecule has 5 N–H and O–H groups in total. The van der Waals surface area contributed by atoms with Crippen LogP contribution in [0.2, 0.25) is 0 Å². The second-order valence-corrected chi connectivity index (χ2v) is 9.57. The van der Waals surface area contributed by atoms with Gasteiger partial charge in [-0.15, -0.1) is 11.3 Å². The molecule has 0 aliphatic carbocycles. The van der Waals surface area contributed by atoms with Gasteiger partial charge in [-0.25, -0.2) is 14.8 Å². The minimum absolute atomic E-state index is 0.187. The summed E-state index contributed by atoms with van der Waals surface area (Å²) in [5, 5.41) is 27.2. The van der Waals surface area contributed by atoms with Gasteiger partial charge in [0.25, 0.3) is 11.8 Å². The van der Waals surface area contributed by atoms with Gasteiger partial charge in [0.2, 0.25) is 5.95 Å². The molecule has 36 heavy (non-hydrogen) atoms. The Morgan fingerprint density at radius 1 is 1.03 bits per heavy atom. The smallest absolute Gasteiger partial charge is 0.328 e. The standard InChI is InChI=1S/C25H29N5O5S/c1-14-9-10-20(36-14)22(32)27-13-19(24(34)35)30-23(33)21-15(2)28-25(29-16(21)3)26-11-5-7-17-6-4-8-18(31)12-17/h4,6,8-10,12,19,31H,5,7,11,13H2,1-3H3,(H,27,32)(H,30,33)(H,34,35)(H,26,28,29)/t19-/m0/s1. The number of carbonyl (C=O) groups is 3. The third-order valence-electron chi connectivity index (χ3n) is 5.37. The zero-order valence-electron chi connectivity index (χ0n) is 20.3. The number of aryl methyl sites for hydroxylation is 4. The lowest BCUT2D eigenvalue weighted by Gasteiger charge is -2.17. The highest BCUT2D eigenvalue weighted by molar-refractivity contribution is 7.13. The van der Waals surface area contributed by atoms with Gasteiger partial charge in [0.05, 0.1) is 21.8 Å². The minimum atomic E-state index is -1.32. The van der Waals surface area contributed by atoms with Crippen LogP contribution >= 0.6 is 11.3 Å². The number of anilines is 1. The van der Waals surface area contributed by atoms with Crippen molar-refractivity contribution < 1.29 is 24.6 Å². The van der Waals surface area contributed by atoms with Crippen LogP contribution in [0, 0.1) is 20.8 Å². The number of aromatic nitrogens is 2. The second-order valence-electron chi connectivity index (χ2n) is 8.28. The number of phenolic OH excluding ortho intramolecular Hbond substituents is 1. The van der Waals surface area contributed by atoms with Crippen molar-refractivity contribution in [2.45, 2.75) is 39.7 Å². The van der Waals surface area contributed by atoms with E-state index in [0.29, 0.717) is 28.8 Å². The average molecular weight is 512 g/mol. The van der Waals surface area contributed by atoms with Gasteiger partial charge in [-0.3, -0.25) is 9.59 Å². The number of carbonyl (C=O) groups excluding carboxylic acids is 2. The zero-order valence-corrected chi connectivity index (χ0v) is 21.1. The molecular formula is C25H29N5O5S. The highest BCUT2D eigenvalue weighted by atomic mass is 32.1. The summed E-state index contributed by atoms with van der Waals surface area (Å²) in [6.45, 7) is 5.49. The van der Waals surface area contributed by atoms with Gasteiger partial charge in [0.15, 0.2) is 0 Å². The molecule has 10 nitrogen and oxygen atoms in total. The number of rotatable bonds is 11. The first-order valence-corrected chi connectivity index (χ1v) is 12.2. The van der Waals surface area contributed by atoms with E-state index in [4.69, 9.17) is 0 Å². The molecule has 3 aromatic rings. The van der Waals surface area contributed by atoms with Crippen LogP contribution in [0.25, 0.3) is 0 Å². The van der Waals surface area contributed by atoms with Crippen molar-refractivity contribution in [1.82, 2.24) is 20.6 Å². The van der Waals surface area contributed by atoms with Gasteiger partial charge in [0.1, 0.15) is 11.8 Å². The number of aliphatic carboxylic acids is 1. The first-order chi connectivity index (χ1) is 17.1. The lowest BCUT2D eigenvalue weighted by molar-refractivity contribution is -0.139. The quantitative estimate of drug-likeness (QED) is 0.246. The molecule has 11 heteroatoms. The number of aromatic hydroxyl groups is 1. The maximum Gasteiger partial charge on any atom is 0.328 e. The molecule has 0 unspecified atom stereocenters. The van der Waals surface area contributed by atoms with Crippen LogP contribution < -0.4 is 16.0 Å². The molecule has 190 valence electrons. The van der Waals surface area contributed by atoms with E-state index in [-0.39, 0.29) is 17.9 Å². The number of amides is 2. The van der Waals surface area contributed by atoms with Crippen LogP contribution in [0.1, 0.15) is 48.3 Å². The van der Waals surface area contributed by atoms with Crippen LogP contribution in [-0.4, -0.2) is 57.1 Å². The van der Waals surface area contributed by atoms with Crippen molar-refractivity contribution in [3.63, 3.8) is 0 Å². The Balaban J connectivity index is 1.57. The van der Waals surface area contributed by atoms with E-state index in [9.17, 15) is 24.6 Å². The average Bonchev–Trinajstić information content (AvgIpc) is 3.25. The molecule has 1 atom stereocenters. The number of nitrogens with one attached hydrogen (secondary N) is 3. The van der Waals surface area contributed by atoms with E-state index in [1.807, 2.05) is 13.0 Å². The normalized spacial score (nSPS) is 11.5. The lowest BCUT2D eigenvalue weighted by Crippen LogP contribution is -2.48. The monoisotopic (exact) mass is 511 g/mol. The fourth-order valence-electron chi connectivity index (χ4n) is 3.60. The van der Waals surface area contributed by atoms with E-state index in [0.717, 1.165) is 23.3 Å². The maximum absolute atomic E-state index is 12.9. The van der Waals surface area contributed by atoms with Crippen LogP contribution in [0.5, 0.6) is 5.75 Å². The molecule has 3 rings (SSSR count). The Morgan fingerprint density at radius 2 is 1.75 bits per heavy atom. The highest BCUT2D eigenvalue weighted by Crippen LogP contribution is 2.16. The molecule has 0 saturated carbocycles. The Kier molecular flexibility index (Phi) is 8.96. The summed E-state index contributed by atoms with van der Waals surface area (Å²) in [6, 6.07) is 9.22. The van der Waals surface area contributed by atoms with Crippen molar-refractivity contribution in [2.24, 2.45) is 0 Å². The van der Waals surface area contributed by atoms with Crippen LogP contribution in [0.3, 0.4) is 0 Å². The van der Waals surface area contributed by atoms with Crippen molar-refractivity contribution in [2.75, 3.05) is 18.4 Å². The van der Waals surface area contributed by atoms with Gasteiger partial charge < -0.3 is 26.2 Å². The third kappa shape index (κ3) is 7.25. The van der Waals surface area contributed by atoms with Gasteiger partial charge in [-0.1, -0.05) is 12.1 Å². The van der Waals surface area contributed by atoms with E-state index < -0.39 is 23.8 Å². The second kappa shape index (κ2) is 12.1. The molecule has 2 heterocycles. The first kappa shape index (κ1) is 26.6. The van der Waals surface area contributed by atoms with E-state index in [2.05, 4.69) is 25.9 Å². The Labute approximate surface area is 212 Å². The molecule has 0 aliphatic heterocycles. The number of benzene rings is 1. The molecule has 0 saturated heterocycles. The molecular weight excluding hydrogens is 482 g/mol. The number of hydrogen-bond acceptors (Lipinski definition) is 8. The number of nitrogens with zero attached hydrogens (tertiary/aromatic N) is 2. The summed E-state index contributed by atoms with van der Waals surface area (Å²) >= 11 is 1.30. The van der Waals surface area contributed by atoms with Crippen molar-refractivity contribution in [1.29, 1.82) is 0 Å². The summed E-state index contributed by atoms with van der Waals surface area (Å²) in [7, 11) is 0. The summed E-state index contributed by atoms with van der Waals surface area (Å²) in [4.78, 5) is 46.9. The van der Waals surface area contributed by atoms with E-state index in [1.165, 1.54) is 11.3 Å². The topological polar surface area (TPSA) is 154 Å². The molecule has 0 bridgehead atoms. The van der Waals surface area contributed by atoms with Gasteiger partial charge in [0, 0.05) is 18.0 Å². The van der Waals surface area contributed by atoms with Gasteiger partial charge in [-0.2, -0.15) is 0 Å². The Hall–Kier alpha value is -3.99. The summed E-state index contributed by atoms with van der Waals surface area (Å²) < 4.78 is 0. The van der Waals surface area contributed by atoms with Crippen molar-refractivity contribution in [3.05, 3.63) is 68.7 Å². The molecule has 0 radical (unpaired) electrons. The molecule has 2 aromatic heterocycles. The summed E-state index contributed by atoms with van der Waals surface area (Å²) in [5.41, 5.74) is 2.01. The largest absolute Gasteiger partial charge is 0.508 e. The molecule has 0 aliphatic rings. The molecule has 2 amide bonds. The van der Waals surface area contributed by atoms with Crippen molar-refractivity contribution >= 4 is 35.1 Å². The number of carboxylic acid groups (broad SMARTS) is 1. The summed E-state index contributed by atoms with van der Waals surface area (Å²) in [6.07, 6.45) is 1.54. The minimum Gasteiger partial charge on any atom is -0.508 e. The van der Waals surface area contributed by atoms with Crippen LogP contribution in [-0.2, 0) is 11.2 Å². The van der Waals surface area contributed by atoms with Crippen LogP contribution in [0.4, 0.5) is 5.95 Å². The first-order valence-electron chi connectivity index (χ1n) is 11.4. The van der Waals surface area contributed by atoms with E-state index in [1.54, 1.807) is 44.2 Å².